The van der Waals surface area contributed by atoms with Crippen molar-refractivity contribution in [3.05, 3.63) is 143 Å². The fraction of sp³-hybridized carbons (Fsp3) is 0.130. The van der Waals surface area contributed by atoms with Crippen molar-refractivity contribution < 1.29 is 0 Å². The Morgan fingerprint density at radius 3 is 1.26 bits per heavy atom. The van der Waals surface area contributed by atoms with Crippen LogP contribution >= 0.6 is 0 Å². The van der Waals surface area contributed by atoms with Crippen LogP contribution in [0.1, 0.15) is 33.4 Å². The van der Waals surface area contributed by atoms with Crippen molar-refractivity contribution in [2.45, 2.75) is 41.5 Å². The Balaban J connectivity index is 1.50. The zero-order chi connectivity index (χ0) is 31.4. The molecular formula is C46H36. The van der Waals surface area contributed by atoms with Crippen molar-refractivity contribution in [3.8, 4) is 44.5 Å². The van der Waals surface area contributed by atoms with E-state index in [2.05, 4.69) is 151 Å². The molecule has 0 amide bonds. The van der Waals surface area contributed by atoms with Gasteiger partial charge in [-0.3, -0.25) is 0 Å². The Hall–Kier alpha value is -5.20. The number of hydrogen-bond donors (Lipinski definition) is 0. The summed E-state index contributed by atoms with van der Waals surface area (Å²) in [4.78, 5) is 0. The standard InChI is InChI=1S/C46H36/c1-25-17-27(3)44(28(4)18-25)42-24-40-36(32-13-7-8-14-33(32)42)23-43(45-29(5)19-26(2)20-30(45)6)41-22-38-35-16-10-12-31-11-9-15-34(46(31)35)37(38)21-39(40)41/h7-24H,1-6H3. The van der Waals surface area contributed by atoms with E-state index in [0.29, 0.717) is 0 Å². The average molecular weight is 589 g/mol. The van der Waals surface area contributed by atoms with Crippen molar-refractivity contribution in [1.29, 1.82) is 0 Å². The van der Waals surface area contributed by atoms with Gasteiger partial charge in [0.2, 0.25) is 0 Å². The molecule has 8 aromatic carbocycles. The van der Waals surface area contributed by atoms with Gasteiger partial charge in [0.1, 0.15) is 0 Å². The highest BCUT2D eigenvalue weighted by molar-refractivity contribution is 6.27. The molecule has 9 rings (SSSR count). The topological polar surface area (TPSA) is 0 Å². The quantitative estimate of drug-likeness (QED) is 0.176. The molecule has 0 saturated heterocycles. The number of benzene rings is 8. The molecule has 0 fully saturated rings. The van der Waals surface area contributed by atoms with Crippen molar-refractivity contribution in [1.82, 2.24) is 0 Å². The number of hydrogen-bond acceptors (Lipinski definition) is 0. The van der Waals surface area contributed by atoms with Crippen LogP contribution in [0, 0.1) is 41.5 Å². The van der Waals surface area contributed by atoms with Gasteiger partial charge in [-0.25, -0.2) is 0 Å². The normalized spacial score (nSPS) is 12.1. The monoisotopic (exact) mass is 588 g/mol. The predicted octanol–water partition coefficient (Wildman–Crippen LogP) is 13.1. The Labute approximate surface area is 271 Å². The second kappa shape index (κ2) is 9.65. The molecule has 0 saturated carbocycles. The molecule has 1 aliphatic rings. The van der Waals surface area contributed by atoms with E-state index in [-0.39, 0.29) is 0 Å². The number of fused-ring (bicyclic) bond motifs is 8. The first kappa shape index (κ1) is 27.1. The summed E-state index contributed by atoms with van der Waals surface area (Å²) in [5, 5.41) is 10.6. The molecule has 0 atom stereocenters. The highest BCUT2D eigenvalue weighted by atomic mass is 14.3. The molecular weight excluding hydrogens is 553 g/mol. The van der Waals surface area contributed by atoms with Crippen molar-refractivity contribution in [3.63, 3.8) is 0 Å². The first-order chi connectivity index (χ1) is 22.3. The molecule has 0 unspecified atom stereocenters. The lowest BCUT2D eigenvalue weighted by Gasteiger charge is -2.21. The van der Waals surface area contributed by atoms with Crippen molar-refractivity contribution in [2.75, 3.05) is 0 Å². The fourth-order valence-electron chi connectivity index (χ4n) is 8.90. The van der Waals surface area contributed by atoms with Gasteiger partial charge in [0.25, 0.3) is 0 Å². The van der Waals surface area contributed by atoms with E-state index in [1.165, 1.54) is 121 Å². The smallest absolute Gasteiger partial charge is 0.00264 e. The summed E-state index contributed by atoms with van der Waals surface area (Å²) in [6, 6.07) is 41.9. The van der Waals surface area contributed by atoms with E-state index in [1.807, 2.05) is 0 Å². The molecule has 0 aromatic heterocycles. The molecule has 0 aliphatic heterocycles. The third-order valence-corrected chi connectivity index (χ3v) is 10.5. The largest absolute Gasteiger partial charge is 0.0616 e. The first-order valence-electron chi connectivity index (χ1n) is 16.4. The van der Waals surface area contributed by atoms with Crippen LogP contribution in [0.4, 0.5) is 0 Å². The molecule has 0 N–H and O–H groups in total. The second-order valence-corrected chi connectivity index (χ2v) is 13.7. The Morgan fingerprint density at radius 1 is 0.304 bits per heavy atom. The van der Waals surface area contributed by atoms with Crippen LogP contribution in [0.15, 0.2) is 109 Å². The molecule has 0 radical (unpaired) electrons. The van der Waals surface area contributed by atoms with Crippen LogP contribution in [0.5, 0.6) is 0 Å². The van der Waals surface area contributed by atoms with Crippen LogP contribution < -0.4 is 0 Å². The maximum atomic E-state index is 2.51. The van der Waals surface area contributed by atoms with Crippen LogP contribution in [-0.4, -0.2) is 0 Å². The molecule has 0 bridgehead atoms. The van der Waals surface area contributed by atoms with Crippen LogP contribution in [-0.2, 0) is 0 Å². The minimum atomic E-state index is 1.31. The van der Waals surface area contributed by atoms with Gasteiger partial charge in [0.15, 0.2) is 0 Å². The van der Waals surface area contributed by atoms with E-state index < -0.39 is 0 Å². The summed E-state index contributed by atoms with van der Waals surface area (Å²) in [5.74, 6) is 0. The lowest BCUT2D eigenvalue weighted by atomic mass is 9.83. The summed E-state index contributed by atoms with van der Waals surface area (Å²) < 4.78 is 0. The SMILES string of the molecule is Cc1cc(C)c(-c2cc3c4cc5c(cc4c(-c4c(C)cc(C)cc4C)cc3c3ccccc23)-c2cccc3cccc-5c23)c(C)c1. The summed E-state index contributed by atoms with van der Waals surface area (Å²) >= 11 is 0. The third kappa shape index (κ3) is 3.74. The van der Waals surface area contributed by atoms with Gasteiger partial charge in [-0.05, 0) is 176 Å². The molecule has 0 heteroatoms. The Morgan fingerprint density at radius 2 is 0.717 bits per heavy atom. The lowest BCUT2D eigenvalue weighted by Crippen LogP contribution is -1.95. The molecule has 46 heavy (non-hydrogen) atoms. The van der Waals surface area contributed by atoms with Crippen molar-refractivity contribution >= 4 is 43.1 Å². The van der Waals surface area contributed by atoms with E-state index in [1.54, 1.807) is 0 Å². The summed E-state index contributed by atoms with van der Waals surface area (Å²) in [6.45, 7) is 13.5. The van der Waals surface area contributed by atoms with E-state index in [9.17, 15) is 0 Å². The minimum absolute atomic E-state index is 1.31. The van der Waals surface area contributed by atoms with Crippen LogP contribution in [0.3, 0.4) is 0 Å². The summed E-state index contributed by atoms with van der Waals surface area (Å²) in [6.07, 6.45) is 0. The first-order valence-corrected chi connectivity index (χ1v) is 16.4. The summed E-state index contributed by atoms with van der Waals surface area (Å²) in [5.41, 5.74) is 18.7. The number of aryl methyl sites for hydroxylation is 6. The molecule has 1 aliphatic carbocycles. The van der Waals surface area contributed by atoms with Crippen molar-refractivity contribution in [2.24, 2.45) is 0 Å². The predicted molar refractivity (Wildman–Crippen MR) is 200 cm³/mol. The fourth-order valence-corrected chi connectivity index (χ4v) is 8.90. The highest BCUT2D eigenvalue weighted by Crippen LogP contribution is 2.52. The Kier molecular flexibility index (Phi) is 5.69. The van der Waals surface area contributed by atoms with E-state index >= 15 is 0 Å². The molecule has 0 spiro atoms. The number of rotatable bonds is 2. The molecule has 220 valence electrons. The van der Waals surface area contributed by atoms with Crippen LogP contribution in [0.2, 0.25) is 0 Å². The van der Waals surface area contributed by atoms with Crippen LogP contribution in [0.25, 0.3) is 87.6 Å². The highest BCUT2D eigenvalue weighted by Gasteiger charge is 2.25. The van der Waals surface area contributed by atoms with Gasteiger partial charge in [-0.1, -0.05) is 96.1 Å². The van der Waals surface area contributed by atoms with Gasteiger partial charge in [0.05, 0.1) is 0 Å². The maximum Gasteiger partial charge on any atom is -0.00264 e. The van der Waals surface area contributed by atoms with Gasteiger partial charge >= 0.3 is 0 Å². The zero-order valence-electron chi connectivity index (χ0n) is 27.4. The van der Waals surface area contributed by atoms with E-state index in [0.717, 1.165) is 0 Å². The maximum absolute atomic E-state index is 2.51. The average Bonchev–Trinajstić information content (AvgIpc) is 3.34. The van der Waals surface area contributed by atoms with E-state index in [4.69, 9.17) is 0 Å². The second-order valence-electron chi connectivity index (χ2n) is 13.7. The minimum Gasteiger partial charge on any atom is -0.0616 e. The van der Waals surface area contributed by atoms with Gasteiger partial charge < -0.3 is 0 Å². The molecule has 8 aromatic rings. The molecule has 0 heterocycles. The Bertz CT molecular complexity index is 2580. The van der Waals surface area contributed by atoms with Gasteiger partial charge in [0, 0.05) is 0 Å². The zero-order valence-corrected chi connectivity index (χ0v) is 27.4. The molecule has 0 nitrogen and oxygen atoms in total. The van der Waals surface area contributed by atoms with Gasteiger partial charge in [-0.15, -0.1) is 0 Å². The van der Waals surface area contributed by atoms with Gasteiger partial charge in [-0.2, -0.15) is 0 Å². The lowest BCUT2D eigenvalue weighted by molar-refractivity contribution is 1.32. The summed E-state index contributed by atoms with van der Waals surface area (Å²) in [7, 11) is 0. The third-order valence-electron chi connectivity index (χ3n) is 10.5.